The van der Waals surface area contributed by atoms with E-state index in [0.717, 1.165) is 5.56 Å². The van der Waals surface area contributed by atoms with E-state index in [0.29, 0.717) is 11.7 Å². The maximum Gasteiger partial charge on any atom is 0.161 e. The molecule has 1 aromatic rings. The van der Waals surface area contributed by atoms with E-state index in [1.165, 1.54) is 0 Å². The molecule has 0 aliphatic carbocycles. The molecule has 2 nitrogen and oxygen atoms in total. The van der Waals surface area contributed by atoms with Gasteiger partial charge >= 0.3 is 0 Å². The quantitative estimate of drug-likeness (QED) is 0.797. The van der Waals surface area contributed by atoms with Gasteiger partial charge in [0.15, 0.2) is 11.5 Å². The minimum Gasteiger partial charge on any atom is -0.504 e. The Labute approximate surface area is 84.8 Å². The number of ether oxygens (including phenoxy) is 1. The molecule has 0 aliphatic heterocycles. The van der Waals surface area contributed by atoms with Gasteiger partial charge in [-0.25, -0.2) is 0 Å². The second-order valence-electron chi connectivity index (χ2n) is 3.53. The Kier molecular flexibility index (Phi) is 3.57. The fourth-order valence-electron chi connectivity index (χ4n) is 1.10. The first kappa shape index (κ1) is 10.6. The maximum absolute atomic E-state index is 9.36. The second kappa shape index (κ2) is 4.70. The molecule has 0 amide bonds. The second-order valence-corrected chi connectivity index (χ2v) is 3.53. The summed E-state index contributed by atoms with van der Waals surface area (Å²) in [6.07, 6.45) is 4.12. The molecule has 0 bridgehead atoms. The summed E-state index contributed by atoms with van der Waals surface area (Å²) in [6.45, 7) is 4.24. The number of phenolic OH excluding ortho intramolecular Hbond substituents is 1. The van der Waals surface area contributed by atoms with Crippen LogP contribution in [0.2, 0.25) is 0 Å². The van der Waals surface area contributed by atoms with E-state index in [1.807, 2.05) is 18.2 Å². The number of methoxy groups -OCH3 is 1. The Hall–Kier alpha value is -1.44. The van der Waals surface area contributed by atoms with Crippen molar-refractivity contribution in [1.29, 1.82) is 0 Å². The van der Waals surface area contributed by atoms with Crippen LogP contribution in [0.15, 0.2) is 24.3 Å². The maximum atomic E-state index is 9.36. The molecule has 1 N–H and O–H groups in total. The zero-order valence-corrected chi connectivity index (χ0v) is 8.82. The van der Waals surface area contributed by atoms with Crippen molar-refractivity contribution in [2.45, 2.75) is 13.8 Å². The number of allylic oxidation sites excluding steroid dienone is 1. The molecule has 0 saturated heterocycles. The largest absolute Gasteiger partial charge is 0.504 e. The zero-order valence-electron chi connectivity index (χ0n) is 8.82. The first-order valence-corrected chi connectivity index (χ1v) is 4.68. The molecule has 0 heterocycles. The lowest BCUT2D eigenvalue weighted by Crippen LogP contribution is -1.84. The Balaban J connectivity index is 2.89. The highest BCUT2D eigenvalue weighted by Crippen LogP contribution is 2.26. The molecule has 0 unspecified atom stereocenters. The summed E-state index contributed by atoms with van der Waals surface area (Å²) >= 11 is 0. The van der Waals surface area contributed by atoms with Gasteiger partial charge in [0.25, 0.3) is 0 Å². The minimum absolute atomic E-state index is 0.175. The van der Waals surface area contributed by atoms with Gasteiger partial charge in [-0.1, -0.05) is 32.1 Å². The van der Waals surface area contributed by atoms with Crippen LogP contribution in [0.25, 0.3) is 6.08 Å². The van der Waals surface area contributed by atoms with E-state index in [4.69, 9.17) is 4.74 Å². The van der Waals surface area contributed by atoms with Crippen LogP contribution < -0.4 is 4.74 Å². The van der Waals surface area contributed by atoms with E-state index in [2.05, 4.69) is 19.9 Å². The Bertz CT molecular complexity index is 327. The summed E-state index contributed by atoms with van der Waals surface area (Å²) < 4.78 is 5.01. The van der Waals surface area contributed by atoms with Crippen molar-refractivity contribution >= 4 is 6.08 Å². The van der Waals surface area contributed by atoms with Gasteiger partial charge in [-0.2, -0.15) is 0 Å². The smallest absolute Gasteiger partial charge is 0.161 e. The topological polar surface area (TPSA) is 29.5 Å². The van der Waals surface area contributed by atoms with Gasteiger partial charge in [0.05, 0.1) is 7.11 Å². The molecule has 76 valence electrons. The molecule has 1 rings (SSSR count). The summed E-state index contributed by atoms with van der Waals surface area (Å²) in [5.74, 6) is 1.21. The van der Waals surface area contributed by atoms with Crippen molar-refractivity contribution in [2.24, 2.45) is 5.92 Å². The van der Waals surface area contributed by atoms with Crippen molar-refractivity contribution in [2.75, 3.05) is 7.11 Å². The van der Waals surface area contributed by atoms with E-state index < -0.39 is 0 Å². The molecule has 0 saturated carbocycles. The van der Waals surface area contributed by atoms with Gasteiger partial charge in [0.1, 0.15) is 0 Å². The van der Waals surface area contributed by atoms with Crippen LogP contribution in [0.3, 0.4) is 0 Å². The highest BCUT2D eigenvalue weighted by Gasteiger charge is 2.00. The molecule has 0 radical (unpaired) electrons. The highest BCUT2D eigenvalue weighted by atomic mass is 16.5. The third-order valence-corrected chi connectivity index (χ3v) is 1.88. The van der Waals surface area contributed by atoms with Crippen molar-refractivity contribution in [3.63, 3.8) is 0 Å². The van der Waals surface area contributed by atoms with Crippen LogP contribution in [0.1, 0.15) is 19.4 Å². The lowest BCUT2D eigenvalue weighted by atomic mass is 10.1. The van der Waals surface area contributed by atoms with E-state index in [1.54, 1.807) is 13.2 Å². The number of hydrogen-bond acceptors (Lipinski definition) is 2. The molecule has 14 heavy (non-hydrogen) atoms. The fraction of sp³-hybridized carbons (Fsp3) is 0.333. The summed E-state index contributed by atoms with van der Waals surface area (Å²) in [4.78, 5) is 0. The molecule has 0 aromatic heterocycles. The van der Waals surface area contributed by atoms with Crippen LogP contribution >= 0.6 is 0 Å². The van der Waals surface area contributed by atoms with E-state index in [-0.39, 0.29) is 5.75 Å². The van der Waals surface area contributed by atoms with Gasteiger partial charge in [0, 0.05) is 0 Å². The lowest BCUT2D eigenvalue weighted by molar-refractivity contribution is 0.373. The third kappa shape index (κ3) is 2.80. The predicted octanol–water partition coefficient (Wildman–Crippen LogP) is 3.07. The predicted molar refractivity (Wildman–Crippen MR) is 58.5 cm³/mol. The van der Waals surface area contributed by atoms with Gasteiger partial charge < -0.3 is 9.84 Å². The zero-order chi connectivity index (χ0) is 10.6. The number of phenols is 1. The number of rotatable bonds is 3. The summed E-state index contributed by atoms with van der Waals surface area (Å²) in [6, 6.07) is 5.31. The van der Waals surface area contributed by atoms with Crippen LogP contribution in [-0.2, 0) is 0 Å². The SMILES string of the molecule is COc1cc(/C=C/C(C)C)ccc1O. The fourth-order valence-corrected chi connectivity index (χ4v) is 1.10. The van der Waals surface area contributed by atoms with Crippen molar-refractivity contribution in [3.05, 3.63) is 29.8 Å². The van der Waals surface area contributed by atoms with Crippen LogP contribution in [-0.4, -0.2) is 12.2 Å². The number of hydrogen-bond donors (Lipinski definition) is 1. The first-order valence-electron chi connectivity index (χ1n) is 4.68. The third-order valence-electron chi connectivity index (χ3n) is 1.88. The monoisotopic (exact) mass is 192 g/mol. The minimum atomic E-state index is 0.175. The normalized spacial score (nSPS) is 11.1. The summed E-state index contributed by atoms with van der Waals surface area (Å²) in [5, 5.41) is 9.36. The lowest BCUT2D eigenvalue weighted by Gasteiger charge is -2.03. The van der Waals surface area contributed by atoms with E-state index >= 15 is 0 Å². The molecule has 0 aliphatic rings. The van der Waals surface area contributed by atoms with Gasteiger partial charge in [-0.3, -0.25) is 0 Å². The standard InChI is InChI=1S/C12H16O2/c1-9(2)4-5-10-6-7-11(13)12(8-10)14-3/h4-9,13H,1-3H3/b5-4+. The molecule has 0 atom stereocenters. The van der Waals surface area contributed by atoms with Crippen LogP contribution in [0, 0.1) is 5.92 Å². The molecule has 0 spiro atoms. The van der Waals surface area contributed by atoms with Crippen molar-refractivity contribution in [1.82, 2.24) is 0 Å². The van der Waals surface area contributed by atoms with Gasteiger partial charge in [0.2, 0.25) is 0 Å². The molecule has 2 heteroatoms. The summed E-state index contributed by atoms with van der Waals surface area (Å²) in [7, 11) is 1.55. The summed E-state index contributed by atoms with van der Waals surface area (Å²) in [5.41, 5.74) is 1.04. The molecular formula is C12H16O2. The molecule has 0 fully saturated rings. The van der Waals surface area contributed by atoms with Crippen molar-refractivity contribution < 1.29 is 9.84 Å². The number of benzene rings is 1. The number of aromatic hydroxyl groups is 1. The van der Waals surface area contributed by atoms with Crippen LogP contribution in [0.4, 0.5) is 0 Å². The highest BCUT2D eigenvalue weighted by molar-refractivity contribution is 5.55. The van der Waals surface area contributed by atoms with Crippen molar-refractivity contribution in [3.8, 4) is 11.5 Å². The van der Waals surface area contributed by atoms with Crippen LogP contribution in [0.5, 0.6) is 11.5 Å². The van der Waals surface area contributed by atoms with E-state index in [9.17, 15) is 5.11 Å². The average molecular weight is 192 g/mol. The van der Waals surface area contributed by atoms with Gasteiger partial charge in [-0.05, 0) is 23.6 Å². The molecule has 1 aromatic carbocycles. The average Bonchev–Trinajstić information content (AvgIpc) is 2.16. The molecular weight excluding hydrogens is 176 g/mol. The Morgan fingerprint density at radius 1 is 1.36 bits per heavy atom. The van der Waals surface area contributed by atoms with Gasteiger partial charge in [-0.15, -0.1) is 0 Å². The Morgan fingerprint density at radius 3 is 2.64 bits per heavy atom. The Morgan fingerprint density at radius 2 is 2.07 bits per heavy atom. The first-order chi connectivity index (χ1) is 6.63.